The largest absolute Gasteiger partial charge is 0.366 e. The molecule has 130 valence electrons. The van der Waals surface area contributed by atoms with Gasteiger partial charge in [0.2, 0.25) is 5.91 Å². The van der Waals surface area contributed by atoms with Crippen LogP contribution in [0.5, 0.6) is 0 Å². The second-order valence-corrected chi connectivity index (χ2v) is 7.46. The van der Waals surface area contributed by atoms with Crippen molar-refractivity contribution in [3.8, 4) is 0 Å². The third kappa shape index (κ3) is 2.81. The Morgan fingerprint density at radius 1 is 1.12 bits per heavy atom. The van der Waals surface area contributed by atoms with E-state index in [1.165, 1.54) is 24.1 Å². The molecule has 2 saturated heterocycles. The van der Waals surface area contributed by atoms with Gasteiger partial charge in [-0.05, 0) is 50.4 Å². The third-order valence-electron chi connectivity index (χ3n) is 6.07. The molecule has 3 heterocycles. The highest BCUT2D eigenvalue weighted by Crippen LogP contribution is 2.34. The second kappa shape index (κ2) is 6.75. The van der Waals surface area contributed by atoms with E-state index in [2.05, 4.69) is 45.9 Å². The SMILES string of the molecule is CCN1CCCCC1C(=O)N1CCCN2c3ccccc3CC2C1. The number of anilines is 1. The number of fused-ring (bicyclic) bond motifs is 3. The number of hydrogen-bond acceptors (Lipinski definition) is 3. The van der Waals surface area contributed by atoms with Crippen molar-refractivity contribution in [1.82, 2.24) is 9.80 Å². The molecule has 2 unspecified atom stereocenters. The van der Waals surface area contributed by atoms with E-state index in [1.54, 1.807) is 0 Å². The molecular weight excluding hydrogens is 298 g/mol. The van der Waals surface area contributed by atoms with Gasteiger partial charge in [-0.3, -0.25) is 9.69 Å². The summed E-state index contributed by atoms with van der Waals surface area (Å²) >= 11 is 0. The normalized spacial score (nSPS) is 27.5. The summed E-state index contributed by atoms with van der Waals surface area (Å²) in [5.74, 6) is 0.384. The molecule has 0 aromatic heterocycles. The maximum atomic E-state index is 13.2. The van der Waals surface area contributed by atoms with Gasteiger partial charge in [0.1, 0.15) is 0 Å². The van der Waals surface area contributed by atoms with Gasteiger partial charge >= 0.3 is 0 Å². The maximum Gasteiger partial charge on any atom is 0.239 e. The molecular formula is C20H29N3O. The van der Waals surface area contributed by atoms with E-state index in [1.807, 2.05) is 0 Å². The van der Waals surface area contributed by atoms with Crippen LogP contribution >= 0.6 is 0 Å². The number of hydrogen-bond donors (Lipinski definition) is 0. The van der Waals surface area contributed by atoms with Crippen molar-refractivity contribution in [3.05, 3.63) is 29.8 Å². The molecule has 0 aliphatic carbocycles. The van der Waals surface area contributed by atoms with Crippen LogP contribution in [0.25, 0.3) is 0 Å². The number of likely N-dealkylation sites (N-methyl/N-ethyl adjacent to an activating group) is 1. The standard InChI is InChI=1S/C20H29N3O/c1-2-21-11-6-5-10-19(21)20(24)22-12-7-13-23-17(15-22)14-16-8-3-4-9-18(16)23/h3-4,8-9,17,19H,2,5-7,10-15H2,1H3. The molecule has 4 heteroatoms. The van der Waals surface area contributed by atoms with E-state index in [0.717, 1.165) is 52.0 Å². The van der Waals surface area contributed by atoms with Gasteiger partial charge in [0.25, 0.3) is 0 Å². The zero-order chi connectivity index (χ0) is 16.5. The predicted octanol–water partition coefficient (Wildman–Crippen LogP) is 2.52. The van der Waals surface area contributed by atoms with E-state index in [0.29, 0.717) is 11.9 Å². The zero-order valence-corrected chi connectivity index (χ0v) is 14.8. The fraction of sp³-hybridized carbons (Fsp3) is 0.650. The zero-order valence-electron chi connectivity index (χ0n) is 14.8. The maximum absolute atomic E-state index is 13.2. The summed E-state index contributed by atoms with van der Waals surface area (Å²) in [6.45, 7) is 7.15. The number of piperidine rings is 1. The molecule has 2 atom stereocenters. The molecule has 0 N–H and O–H groups in total. The van der Waals surface area contributed by atoms with Crippen LogP contribution in [0.15, 0.2) is 24.3 Å². The first-order valence-corrected chi connectivity index (χ1v) is 9.65. The van der Waals surface area contributed by atoms with E-state index >= 15 is 0 Å². The van der Waals surface area contributed by atoms with Gasteiger partial charge in [0.05, 0.1) is 12.1 Å². The minimum Gasteiger partial charge on any atom is -0.366 e. The Bertz CT molecular complexity index is 602. The first kappa shape index (κ1) is 15.9. The Balaban J connectivity index is 1.49. The third-order valence-corrected chi connectivity index (χ3v) is 6.07. The molecule has 2 fully saturated rings. The Morgan fingerprint density at radius 3 is 2.88 bits per heavy atom. The molecule has 4 rings (SSSR count). The molecule has 4 nitrogen and oxygen atoms in total. The van der Waals surface area contributed by atoms with Gasteiger partial charge in [-0.15, -0.1) is 0 Å². The predicted molar refractivity (Wildman–Crippen MR) is 97.4 cm³/mol. The fourth-order valence-electron chi connectivity index (χ4n) is 4.83. The quantitative estimate of drug-likeness (QED) is 0.835. The lowest BCUT2D eigenvalue weighted by molar-refractivity contribution is -0.138. The number of carbonyl (C=O) groups excluding carboxylic acids is 1. The summed E-state index contributed by atoms with van der Waals surface area (Å²) in [5.41, 5.74) is 2.84. The van der Waals surface area contributed by atoms with E-state index < -0.39 is 0 Å². The highest BCUT2D eigenvalue weighted by Gasteiger charge is 2.37. The van der Waals surface area contributed by atoms with Crippen LogP contribution < -0.4 is 4.90 Å². The summed E-state index contributed by atoms with van der Waals surface area (Å²) in [5, 5.41) is 0. The second-order valence-electron chi connectivity index (χ2n) is 7.46. The number of nitrogens with zero attached hydrogens (tertiary/aromatic N) is 3. The van der Waals surface area contributed by atoms with E-state index in [-0.39, 0.29) is 6.04 Å². The van der Waals surface area contributed by atoms with E-state index in [9.17, 15) is 4.79 Å². The number of carbonyl (C=O) groups is 1. The van der Waals surface area contributed by atoms with Crippen molar-refractivity contribution in [1.29, 1.82) is 0 Å². The lowest BCUT2D eigenvalue weighted by atomic mass is 10.0. The van der Waals surface area contributed by atoms with Crippen LogP contribution in [0.2, 0.25) is 0 Å². The summed E-state index contributed by atoms with van der Waals surface area (Å²) in [4.78, 5) is 20.3. The Kier molecular flexibility index (Phi) is 4.49. The molecule has 0 bridgehead atoms. The van der Waals surface area contributed by atoms with Crippen LogP contribution in [0.3, 0.4) is 0 Å². The minimum atomic E-state index is 0.124. The van der Waals surface area contributed by atoms with Crippen LogP contribution in [0.4, 0.5) is 5.69 Å². The van der Waals surface area contributed by atoms with Crippen LogP contribution in [-0.2, 0) is 11.2 Å². The average Bonchev–Trinajstić information content (AvgIpc) is 2.84. The van der Waals surface area contributed by atoms with Crippen LogP contribution in [-0.4, -0.2) is 60.5 Å². The van der Waals surface area contributed by atoms with Crippen molar-refractivity contribution in [3.63, 3.8) is 0 Å². The Labute approximate surface area is 145 Å². The highest BCUT2D eigenvalue weighted by molar-refractivity contribution is 5.82. The smallest absolute Gasteiger partial charge is 0.239 e. The summed E-state index contributed by atoms with van der Waals surface area (Å²) in [6.07, 6.45) is 5.64. The molecule has 24 heavy (non-hydrogen) atoms. The lowest BCUT2D eigenvalue weighted by Gasteiger charge is -2.37. The number of benzene rings is 1. The first-order valence-electron chi connectivity index (χ1n) is 9.65. The van der Waals surface area contributed by atoms with Gasteiger partial charge in [0.15, 0.2) is 0 Å². The van der Waals surface area contributed by atoms with E-state index in [4.69, 9.17) is 0 Å². The molecule has 3 aliphatic heterocycles. The number of likely N-dealkylation sites (tertiary alicyclic amines) is 1. The minimum absolute atomic E-state index is 0.124. The number of rotatable bonds is 2. The molecule has 0 spiro atoms. The lowest BCUT2D eigenvalue weighted by Crippen LogP contribution is -2.52. The van der Waals surface area contributed by atoms with Crippen molar-refractivity contribution >= 4 is 11.6 Å². The first-order chi connectivity index (χ1) is 11.8. The van der Waals surface area contributed by atoms with Crippen LogP contribution in [0.1, 0.15) is 38.2 Å². The van der Waals surface area contributed by atoms with Crippen molar-refractivity contribution in [2.45, 2.75) is 51.1 Å². The summed E-state index contributed by atoms with van der Waals surface area (Å²) < 4.78 is 0. The molecule has 0 saturated carbocycles. The van der Waals surface area contributed by atoms with Gasteiger partial charge in [-0.25, -0.2) is 0 Å². The fourth-order valence-corrected chi connectivity index (χ4v) is 4.83. The Morgan fingerprint density at radius 2 is 2.00 bits per heavy atom. The Hall–Kier alpha value is -1.55. The van der Waals surface area contributed by atoms with Crippen molar-refractivity contribution < 1.29 is 4.79 Å². The summed E-state index contributed by atoms with van der Waals surface area (Å²) in [7, 11) is 0. The van der Waals surface area contributed by atoms with Gasteiger partial charge in [-0.1, -0.05) is 31.5 Å². The number of amides is 1. The summed E-state index contributed by atoms with van der Waals surface area (Å²) in [6, 6.07) is 9.35. The highest BCUT2D eigenvalue weighted by atomic mass is 16.2. The monoisotopic (exact) mass is 327 g/mol. The molecule has 1 aromatic rings. The van der Waals surface area contributed by atoms with Gasteiger partial charge in [-0.2, -0.15) is 0 Å². The van der Waals surface area contributed by atoms with Crippen molar-refractivity contribution in [2.24, 2.45) is 0 Å². The molecule has 0 radical (unpaired) electrons. The van der Waals surface area contributed by atoms with Crippen molar-refractivity contribution in [2.75, 3.05) is 37.6 Å². The van der Waals surface area contributed by atoms with Crippen LogP contribution in [0, 0.1) is 0 Å². The van der Waals surface area contributed by atoms with Gasteiger partial charge < -0.3 is 9.80 Å². The topological polar surface area (TPSA) is 26.8 Å². The molecule has 1 aromatic carbocycles. The van der Waals surface area contributed by atoms with Gasteiger partial charge in [0, 0.05) is 25.3 Å². The number of para-hydroxylation sites is 1. The molecule has 1 amide bonds. The average molecular weight is 327 g/mol. The molecule has 3 aliphatic rings.